The number of hydrogen-bond donors (Lipinski definition) is 1. The lowest BCUT2D eigenvalue weighted by atomic mass is 10.2. The van der Waals surface area contributed by atoms with E-state index in [1.807, 2.05) is 4.90 Å². The summed E-state index contributed by atoms with van der Waals surface area (Å²) in [5.41, 5.74) is 5.82. The Kier molecular flexibility index (Phi) is 6.75. The van der Waals surface area contributed by atoms with E-state index in [2.05, 4.69) is 4.90 Å². The predicted octanol–water partition coefficient (Wildman–Crippen LogP) is 0.501. The van der Waals surface area contributed by atoms with Gasteiger partial charge in [0.25, 0.3) is 5.69 Å². The molecule has 1 heterocycles. The lowest BCUT2D eigenvalue weighted by Gasteiger charge is -2.35. The summed E-state index contributed by atoms with van der Waals surface area (Å²) in [4.78, 5) is 14.8. The standard InChI is InChI=1S/C13H20N4O4S.ClH/c1-22(20,21)11-2-3-12(13(10-11)17(18)19)16-8-6-15(5-4-14)7-9-16;/h2-3,10H,4-9,14H2,1H3;1H. The van der Waals surface area contributed by atoms with Gasteiger partial charge in [0.1, 0.15) is 5.69 Å². The summed E-state index contributed by atoms with van der Waals surface area (Å²) < 4.78 is 23.1. The Bertz CT molecular complexity index is 660. The van der Waals surface area contributed by atoms with Crippen molar-refractivity contribution in [2.45, 2.75) is 4.90 Å². The van der Waals surface area contributed by atoms with Gasteiger partial charge < -0.3 is 10.6 Å². The first-order valence-electron chi connectivity index (χ1n) is 6.99. The smallest absolute Gasteiger partial charge is 0.293 e. The fourth-order valence-electron chi connectivity index (χ4n) is 2.54. The minimum atomic E-state index is -3.47. The molecule has 0 amide bonds. The molecule has 23 heavy (non-hydrogen) atoms. The van der Waals surface area contributed by atoms with E-state index in [0.717, 1.165) is 32.0 Å². The van der Waals surface area contributed by atoms with Gasteiger partial charge in [-0.05, 0) is 12.1 Å². The minimum Gasteiger partial charge on any atom is -0.363 e. The number of benzene rings is 1. The van der Waals surface area contributed by atoms with Crippen LogP contribution in [0.3, 0.4) is 0 Å². The van der Waals surface area contributed by atoms with E-state index in [1.165, 1.54) is 12.1 Å². The van der Waals surface area contributed by atoms with Gasteiger partial charge in [-0.2, -0.15) is 0 Å². The lowest BCUT2D eigenvalue weighted by Crippen LogP contribution is -2.47. The first-order valence-corrected chi connectivity index (χ1v) is 8.88. The van der Waals surface area contributed by atoms with Crippen LogP contribution in [0.25, 0.3) is 0 Å². The molecule has 130 valence electrons. The summed E-state index contributed by atoms with van der Waals surface area (Å²) in [6, 6.07) is 4.08. The van der Waals surface area contributed by atoms with Gasteiger partial charge in [0, 0.05) is 51.6 Å². The lowest BCUT2D eigenvalue weighted by molar-refractivity contribution is -0.384. The molecule has 1 aliphatic rings. The monoisotopic (exact) mass is 364 g/mol. The molecule has 1 aromatic rings. The Morgan fingerprint density at radius 2 is 1.87 bits per heavy atom. The molecule has 0 saturated carbocycles. The normalized spacial score (nSPS) is 16.0. The number of nitro benzene ring substituents is 1. The van der Waals surface area contributed by atoms with Crippen LogP contribution < -0.4 is 10.6 Å². The molecule has 0 spiro atoms. The third-order valence-corrected chi connectivity index (χ3v) is 4.84. The number of sulfone groups is 1. The third kappa shape index (κ3) is 4.77. The number of anilines is 1. The second-order valence-corrected chi connectivity index (χ2v) is 7.31. The molecular formula is C13H21ClN4O4S. The van der Waals surface area contributed by atoms with Gasteiger partial charge in [0.05, 0.1) is 9.82 Å². The molecule has 0 unspecified atom stereocenters. The van der Waals surface area contributed by atoms with E-state index in [-0.39, 0.29) is 23.0 Å². The maximum Gasteiger partial charge on any atom is 0.293 e. The Morgan fingerprint density at radius 3 is 2.35 bits per heavy atom. The van der Waals surface area contributed by atoms with Crippen molar-refractivity contribution in [2.75, 3.05) is 50.4 Å². The van der Waals surface area contributed by atoms with Gasteiger partial charge in [0.2, 0.25) is 0 Å². The van der Waals surface area contributed by atoms with E-state index in [4.69, 9.17) is 5.73 Å². The summed E-state index contributed by atoms with van der Waals surface area (Å²) in [7, 11) is -3.47. The van der Waals surface area contributed by atoms with Crippen LogP contribution >= 0.6 is 12.4 Å². The van der Waals surface area contributed by atoms with Gasteiger partial charge in [-0.3, -0.25) is 15.0 Å². The minimum absolute atomic E-state index is 0. The summed E-state index contributed by atoms with van der Waals surface area (Å²) in [5.74, 6) is 0. The van der Waals surface area contributed by atoms with Crippen LogP contribution in [0.4, 0.5) is 11.4 Å². The molecule has 2 N–H and O–H groups in total. The zero-order valence-electron chi connectivity index (χ0n) is 12.8. The first kappa shape index (κ1) is 19.6. The average molecular weight is 365 g/mol. The van der Waals surface area contributed by atoms with E-state index < -0.39 is 14.8 Å². The number of rotatable bonds is 5. The van der Waals surface area contributed by atoms with Gasteiger partial charge >= 0.3 is 0 Å². The van der Waals surface area contributed by atoms with Crippen LogP contribution in [0.5, 0.6) is 0 Å². The Morgan fingerprint density at radius 1 is 1.26 bits per heavy atom. The van der Waals surface area contributed by atoms with Crippen molar-refractivity contribution >= 4 is 33.6 Å². The number of nitrogens with two attached hydrogens (primary N) is 1. The van der Waals surface area contributed by atoms with Crippen LogP contribution in [0.1, 0.15) is 0 Å². The fourth-order valence-corrected chi connectivity index (χ4v) is 3.18. The molecule has 1 fully saturated rings. The molecule has 1 saturated heterocycles. The number of nitro groups is 1. The Labute approximate surface area is 141 Å². The van der Waals surface area contributed by atoms with Crippen LogP contribution in [0, 0.1) is 10.1 Å². The SMILES string of the molecule is CS(=O)(=O)c1ccc(N2CCN(CCN)CC2)c([N+](=O)[O-])c1.Cl. The van der Waals surface area contributed by atoms with Gasteiger partial charge in [0.15, 0.2) is 9.84 Å². The highest BCUT2D eigenvalue weighted by molar-refractivity contribution is 7.90. The van der Waals surface area contributed by atoms with Crippen molar-refractivity contribution in [3.05, 3.63) is 28.3 Å². The molecule has 1 aliphatic heterocycles. The van der Waals surface area contributed by atoms with Crippen molar-refractivity contribution in [2.24, 2.45) is 5.73 Å². The van der Waals surface area contributed by atoms with Crippen molar-refractivity contribution in [3.8, 4) is 0 Å². The zero-order chi connectivity index (χ0) is 16.3. The van der Waals surface area contributed by atoms with Crippen LogP contribution in [-0.4, -0.2) is 63.8 Å². The fraction of sp³-hybridized carbons (Fsp3) is 0.538. The van der Waals surface area contributed by atoms with E-state index in [1.54, 1.807) is 0 Å². The molecule has 1 aromatic carbocycles. The quantitative estimate of drug-likeness (QED) is 0.598. The van der Waals surface area contributed by atoms with E-state index in [0.29, 0.717) is 25.3 Å². The molecule has 8 nitrogen and oxygen atoms in total. The number of nitrogens with zero attached hydrogens (tertiary/aromatic N) is 3. The second-order valence-electron chi connectivity index (χ2n) is 5.30. The third-order valence-electron chi connectivity index (χ3n) is 3.73. The number of piperazine rings is 1. The number of halogens is 1. The largest absolute Gasteiger partial charge is 0.363 e. The number of hydrogen-bond acceptors (Lipinski definition) is 7. The van der Waals surface area contributed by atoms with Gasteiger partial charge in [-0.1, -0.05) is 0 Å². The van der Waals surface area contributed by atoms with Crippen molar-refractivity contribution < 1.29 is 13.3 Å². The maximum absolute atomic E-state index is 11.6. The second kappa shape index (κ2) is 7.91. The summed E-state index contributed by atoms with van der Waals surface area (Å²) in [5, 5.41) is 11.3. The van der Waals surface area contributed by atoms with E-state index >= 15 is 0 Å². The van der Waals surface area contributed by atoms with Crippen molar-refractivity contribution in [1.29, 1.82) is 0 Å². The predicted molar refractivity (Wildman–Crippen MR) is 91.2 cm³/mol. The highest BCUT2D eigenvalue weighted by Gasteiger charge is 2.25. The molecule has 10 heteroatoms. The van der Waals surface area contributed by atoms with Crippen LogP contribution in [0.2, 0.25) is 0 Å². The molecule has 2 rings (SSSR count). The van der Waals surface area contributed by atoms with Gasteiger partial charge in [-0.25, -0.2) is 8.42 Å². The Hall–Kier alpha value is -1.42. The zero-order valence-corrected chi connectivity index (χ0v) is 14.5. The molecule has 0 radical (unpaired) electrons. The van der Waals surface area contributed by atoms with Gasteiger partial charge in [-0.15, -0.1) is 12.4 Å². The first-order chi connectivity index (χ1) is 10.3. The van der Waals surface area contributed by atoms with Crippen LogP contribution in [0.15, 0.2) is 23.1 Å². The highest BCUT2D eigenvalue weighted by atomic mass is 35.5. The molecular weight excluding hydrogens is 344 g/mol. The summed E-state index contributed by atoms with van der Waals surface area (Å²) in [6.45, 7) is 4.26. The van der Waals surface area contributed by atoms with Crippen molar-refractivity contribution in [1.82, 2.24) is 4.90 Å². The highest BCUT2D eigenvalue weighted by Crippen LogP contribution is 2.31. The van der Waals surface area contributed by atoms with Crippen LogP contribution in [-0.2, 0) is 9.84 Å². The maximum atomic E-state index is 11.6. The van der Waals surface area contributed by atoms with E-state index in [9.17, 15) is 18.5 Å². The molecule has 0 aliphatic carbocycles. The van der Waals surface area contributed by atoms with Crippen molar-refractivity contribution in [3.63, 3.8) is 0 Å². The molecule has 0 aromatic heterocycles. The summed E-state index contributed by atoms with van der Waals surface area (Å²) >= 11 is 0. The Balaban J connectivity index is 0.00000264. The molecule has 0 atom stereocenters. The summed E-state index contributed by atoms with van der Waals surface area (Å²) in [6.07, 6.45) is 1.04. The average Bonchev–Trinajstić information content (AvgIpc) is 2.47. The topological polar surface area (TPSA) is 110 Å². The molecule has 0 bridgehead atoms.